The molecule has 7 nitrogen and oxygen atoms in total. The predicted octanol–water partition coefficient (Wildman–Crippen LogP) is 5.00. The van der Waals surface area contributed by atoms with E-state index in [9.17, 15) is 9.59 Å². The number of nitrogens with zero attached hydrogens (tertiary/aromatic N) is 2. The summed E-state index contributed by atoms with van der Waals surface area (Å²) in [7, 11) is 0. The van der Waals surface area contributed by atoms with Gasteiger partial charge in [-0.25, -0.2) is 9.79 Å². The zero-order chi connectivity index (χ0) is 29.6. The molecule has 1 aliphatic rings. The lowest BCUT2D eigenvalue weighted by Gasteiger charge is -2.25. The Morgan fingerprint density at radius 2 is 1.79 bits per heavy atom. The molecule has 42 heavy (non-hydrogen) atoms. The number of hydrogen-bond donors (Lipinski definition) is 0. The van der Waals surface area contributed by atoms with Crippen molar-refractivity contribution in [3.05, 3.63) is 120 Å². The minimum atomic E-state index is -0.749. The van der Waals surface area contributed by atoms with Crippen LogP contribution in [0, 0.1) is 12.3 Å². The van der Waals surface area contributed by atoms with E-state index in [0.717, 1.165) is 11.1 Å². The number of carbonyl (C=O) groups is 1. The van der Waals surface area contributed by atoms with Gasteiger partial charge in [-0.1, -0.05) is 89.5 Å². The average Bonchev–Trinajstić information content (AvgIpc) is 3.31. The van der Waals surface area contributed by atoms with E-state index in [1.807, 2.05) is 67.6 Å². The van der Waals surface area contributed by atoms with Gasteiger partial charge in [-0.2, -0.15) is 0 Å². The molecule has 2 heterocycles. The predicted molar refractivity (Wildman–Crippen MR) is 164 cm³/mol. The summed E-state index contributed by atoms with van der Waals surface area (Å²) in [6.45, 7) is 4.19. The number of esters is 1. The van der Waals surface area contributed by atoms with E-state index in [1.165, 1.54) is 11.3 Å². The van der Waals surface area contributed by atoms with Crippen molar-refractivity contribution in [2.45, 2.75) is 19.9 Å². The lowest BCUT2D eigenvalue weighted by Crippen LogP contribution is -2.39. The van der Waals surface area contributed by atoms with Crippen LogP contribution in [0.15, 0.2) is 88.2 Å². The Balaban J connectivity index is 1.75. The van der Waals surface area contributed by atoms with Gasteiger partial charge in [0.1, 0.15) is 6.61 Å². The Bertz CT molecular complexity index is 1870. The largest absolute Gasteiger partial charge is 0.490 e. The van der Waals surface area contributed by atoms with E-state index < -0.39 is 12.0 Å². The minimum absolute atomic E-state index is 0.0315. The van der Waals surface area contributed by atoms with Gasteiger partial charge in [0.25, 0.3) is 5.56 Å². The number of terminal acetylenes is 1. The molecule has 0 bridgehead atoms. The van der Waals surface area contributed by atoms with Crippen LogP contribution in [0.3, 0.4) is 0 Å². The summed E-state index contributed by atoms with van der Waals surface area (Å²) < 4.78 is 18.8. The Morgan fingerprint density at radius 1 is 1.07 bits per heavy atom. The highest BCUT2D eigenvalue weighted by Gasteiger charge is 2.35. The van der Waals surface area contributed by atoms with Gasteiger partial charge in [0.15, 0.2) is 16.3 Å². The molecule has 0 aliphatic carbocycles. The number of thiazole rings is 1. The van der Waals surface area contributed by atoms with Crippen molar-refractivity contribution < 1.29 is 19.0 Å². The van der Waals surface area contributed by atoms with Crippen LogP contribution in [0.25, 0.3) is 11.8 Å². The maximum absolute atomic E-state index is 14.1. The molecule has 9 heteroatoms. The summed E-state index contributed by atoms with van der Waals surface area (Å²) in [6, 6.07) is 21.5. The van der Waals surface area contributed by atoms with Crippen molar-refractivity contribution in [2.24, 2.45) is 4.99 Å². The first kappa shape index (κ1) is 28.9. The van der Waals surface area contributed by atoms with Crippen molar-refractivity contribution >= 4 is 40.7 Å². The lowest BCUT2D eigenvalue weighted by atomic mass is 9.93. The van der Waals surface area contributed by atoms with Crippen molar-refractivity contribution in [2.75, 3.05) is 19.8 Å². The molecule has 4 aromatic rings. The number of ether oxygens (including phenoxy) is 3. The molecule has 3 aromatic carbocycles. The van der Waals surface area contributed by atoms with Crippen molar-refractivity contribution in [1.82, 2.24) is 4.57 Å². The van der Waals surface area contributed by atoms with Gasteiger partial charge in [-0.05, 0) is 43.2 Å². The van der Waals surface area contributed by atoms with Crippen molar-refractivity contribution in [1.29, 1.82) is 0 Å². The summed E-state index contributed by atoms with van der Waals surface area (Å²) >= 11 is 7.76. The van der Waals surface area contributed by atoms with Gasteiger partial charge in [0.2, 0.25) is 0 Å². The van der Waals surface area contributed by atoms with Gasteiger partial charge in [0, 0.05) is 5.56 Å². The monoisotopic (exact) mass is 598 g/mol. The highest BCUT2D eigenvalue weighted by atomic mass is 35.5. The fourth-order valence-electron chi connectivity index (χ4n) is 4.73. The van der Waals surface area contributed by atoms with Crippen LogP contribution in [0.5, 0.6) is 11.5 Å². The van der Waals surface area contributed by atoms with Gasteiger partial charge in [-0.15, -0.1) is 6.42 Å². The summed E-state index contributed by atoms with van der Waals surface area (Å²) in [5.74, 6) is 2.64. The molecule has 1 atom stereocenters. The number of hydrogen-bond acceptors (Lipinski definition) is 7. The topological polar surface area (TPSA) is 79.1 Å². The summed E-state index contributed by atoms with van der Waals surface area (Å²) in [5.41, 5.74) is 2.59. The van der Waals surface area contributed by atoms with Gasteiger partial charge in [-0.3, -0.25) is 9.36 Å². The second kappa shape index (κ2) is 12.9. The molecule has 0 spiro atoms. The SMILES string of the molecule is C#CCOc1c(Cl)cc(/C=c2\sc3n(c2=O)[C@H](c2ccccc2)C(C(=O)OCC)=C(c2ccccc2)N=3)cc1OCC. The first-order chi connectivity index (χ1) is 20.5. The third kappa shape index (κ3) is 5.75. The molecule has 0 radical (unpaired) electrons. The number of fused-ring (bicyclic) bond motifs is 1. The third-order valence-corrected chi connectivity index (χ3v) is 7.68. The van der Waals surface area contributed by atoms with E-state index in [0.29, 0.717) is 49.3 Å². The van der Waals surface area contributed by atoms with Crippen molar-refractivity contribution in [3.8, 4) is 23.8 Å². The molecule has 0 N–H and O–H groups in total. The normalized spacial score (nSPS) is 14.5. The van der Waals surface area contributed by atoms with Gasteiger partial charge >= 0.3 is 5.97 Å². The molecule has 212 valence electrons. The van der Waals surface area contributed by atoms with E-state index in [2.05, 4.69) is 5.92 Å². The Labute approximate surface area is 252 Å². The summed E-state index contributed by atoms with van der Waals surface area (Å²) in [5, 5.41) is 0.299. The highest BCUT2D eigenvalue weighted by Crippen LogP contribution is 2.37. The second-order valence-corrected chi connectivity index (χ2v) is 10.5. The lowest BCUT2D eigenvalue weighted by molar-refractivity contribution is -0.138. The van der Waals surface area contributed by atoms with Crippen LogP contribution in [0.1, 0.15) is 36.6 Å². The fraction of sp³-hybridized carbons (Fsp3) is 0.182. The molecule has 5 rings (SSSR count). The first-order valence-electron chi connectivity index (χ1n) is 13.3. The Morgan fingerprint density at radius 3 is 2.45 bits per heavy atom. The molecule has 0 amide bonds. The maximum Gasteiger partial charge on any atom is 0.338 e. The van der Waals surface area contributed by atoms with Crippen LogP contribution in [-0.2, 0) is 9.53 Å². The van der Waals surface area contributed by atoms with Crippen LogP contribution < -0.4 is 24.4 Å². The molecule has 0 unspecified atom stereocenters. The zero-order valence-electron chi connectivity index (χ0n) is 23.0. The van der Waals surface area contributed by atoms with Crippen LogP contribution in [0.2, 0.25) is 5.02 Å². The number of aromatic nitrogens is 1. The van der Waals surface area contributed by atoms with Crippen LogP contribution in [0.4, 0.5) is 0 Å². The van der Waals surface area contributed by atoms with Crippen molar-refractivity contribution in [3.63, 3.8) is 0 Å². The molecule has 0 saturated carbocycles. The van der Waals surface area contributed by atoms with Gasteiger partial charge < -0.3 is 14.2 Å². The molecule has 1 aliphatic heterocycles. The zero-order valence-corrected chi connectivity index (χ0v) is 24.6. The average molecular weight is 599 g/mol. The highest BCUT2D eigenvalue weighted by molar-refractivity contribution is 7.07. The Kier molecular flexibility index (Phi) is 8.91. The minimum Gasteiger partial charge on any atom is -0.490 e. The molecule has 0 fully saturated rings. The molecular weight excluding hydrogens is 572 g/mol. The molecule has 1 aromatic heterocycles. The van der Waals surface area contributed by atoms with E-state index in [-0.39, 0.29) is 18.8 Å². The quantitative estimate of drug-likeness (QED) is 0.200. The van der Waals surface area contributed by atoms with E-state index in [1.54, 1.807) is 29.7 Å². The van der Waals surface area contributed by atoms with Crippen LogP contribution in [-0.4, -0.2) is 30.4 Å². The van der Waals surface area contributed by atoms with Gasteiger partial charge in [0.05, 0.1) is 40.1 Å². The second-order valence-electron chi connectivity index (χ2n) is 9.10. The summed E-state index contributed by atoms with van der Waals surface area (Å²) in [4.78, 5) is 32.9. The maximum atomic E-state index is 14.1. The number of benzene rings is 3. The van der Waals surface area contributed by atoms with Crippen LogP contribution >= 0.6 is 22.9 Å². The summed E-state index contributed by atoms with van der Waals surface area (Å²) in [6.07, 6.45) is 7.07. The number of carbonyl (C=O) groups excluding carboxylic acids is 1. The van der Waals surface area contributed by atoms with E-state index >= 15 is 0 Å². The number of rotatable bonds is 9. The van der Waals surface area contributed by atoms with E-state index in [4.69, 9.17) is 37.2 Å². The standard InChI is InChI=1S/C33H27ClN2O5S/c1-4-17-41-30-24(34)18-21(19-25(30)39-5-2)20-26-31(37)36-29(23-15-11-8-12-16-23)27(32(38)40-6-3)28(35-33(36)42-26)22-13-9-7-10-14-22/h1,7-16,18-20,29H,5-6,17H2,2-3H3/b26-20-/t29-/m1/s1. The molecular formula is C33H27ClN2O5S. The Hall–Kier alpha value is -4.58. The smallest absolute Gasteiger partial charge is 0.338 e. The third-order valence-electron chi connectivity index (χ3n) is 6.42. The number of halogens is 1. The first-order valence-corrected chi connectivity index (χ1v) is 14.5. The molecule has 0 saturated heterocycles. The fourth-order valence-corrected chi connectivity index (χ4v) is 6.01.